The molecule has 0 fully saturated rings. The summed E-state index contributed by atoms with van der Waals surface area (Å²) in [7, 11) is 0. The van der Waals surface area contributed by atoms with E-state index in [1.54, 1.807) is 18.2 Å². The van der Waals surface area contributed by atoms with Crippen molar-refractivity contribution in [2.45, 2.75) is 26.4 Å². The topological polar surface area (TPSA) is 20.2 Å². The Morgan fingerprint density at radius 3 is 2.58 bits per heavy atom. The molecule has 0 saturated heterocycles. The number of aryl methyl sites for hydroxylation is 2. The summed E-state index contributed by atoms with van der Waals surface area (Å²) in [5.74, 6) is -0.390. The molecule has 0 heterocycles. The molecule has 0 saturated carbocycles. The van der Waals surface area contributed by atoms with E-state index in [0.717, 1.165) is 5.56 Å². The molecule has 1 atom stereocenters. The lowest BCUT2D eigenvalue weighted by Crippen LogP contribution is -2.05. The van der Waals surface area contributed by atoms with Gasteiger partial charge in [0.1, 0.15) is 5.82 Å². The van der Waals surface area contributed by atoms with Crippen molar-refractivity contribution in [2.75, 3.05) is 0 Å². The lowest BCUT2D eigenvalue weighted by molar-refractivity contribution is 0.173. The Kier molecular flexibility index (Phi) is 4.38. The molecule has 3 heteroatoms. The van der Waals surface area contributed by atoms with Crippen LogP contribution in [0, 0.1) is 19.7 Å². The van der Waals surface area contributed by atoms with Crippen molar-refractivity contribution >= 4 is 15.9 Å². The molecule has 1 N–H and O–H groups in total. The predicted molar refractivity (Wildman–Crippen MR) is 78.7 cm³/mol. The summed E-state index contributed by atoms with van der Waals surface area (Å²) in [6, 6.07) is 11.0. The third kappa shape index (κ3) is 3.23. The first-order valence-electron chi connectivity index (χ1n) is 6.17. The Morgan fingerprint density at radius 1 is 1.16 bits per heavy atom. The van der Waals surface area contributed by atoms with Crippen molar-refractivity contribution in [3.8, 4) is 0 Å². The highest BCUT2D eigenvalue weighted by molar-refractivity contribution is 9.10. The van der Waals surface area contributed by atoms with E-state index in [4.69, 9.17) is 0 Å². The Balaban J connectivity index is 2.23. The van der Waals surface area contributed by atoms with Gasteiger partial charge in [-0.15, -0.1) is 0 Å². The van der Waals surface area contributed by atoms with Crippen molar-refractivity contribution < 1.29 is 9.50 Å². The van der Waals surface area contributed by atoms with Gasteiger partial charge in [0, 0.05) is 12.0 Å². The maximum atomic E-state index is 13.9. The van der Waals surface area contributed by atoms with Crippen molar-refractivity contribution in [3.05, 3.63) is 68.9 Å². The molecule has 19 heavy (non-hydrogen) atoms. The zero-order chi connectivity index (χ0) is 14.0. The van der Waals surface area contributed by atoms with Crippen molar-refractivity contribution in [1.82, 2.24) is 0 Å². The third-order valence-electron chi connectivity index (χ3n) is 3.34. The second-order valence-electron chi connectivity index (χ2n) is 4.78. The first-order valence-corrected chi connectivity index (χ1v) is 6.96. The number of benzene rings is 2. The van der Waals surface area contributed by atoms with E-state index in [2.05, 4.69) is 15.9 Å². The highest BCUT2D eigenvalue weighted by Crippen LogP contribution is 2.26. The number of rotatable bonds is 3. The fourth-order valence-corrected chi connectivity index (χ4v) is 2.42. The standard InChI is InChI=1S/C16H16BrFO/c1-10-6-7-12(8-11(10)2)9-15(19)13-4-3-5-14(17)16(13)18/h3-8,15,19H,9H2,1-2H3. The Bertz CT molecular complexity index is 595. The van der Waals surface area contributed by atoms with Gasteiger partial charge in [-0.1, -0.05) is 30.3 Å². The molecule has 0 aromatic heterocycles. The quantitative estimate of drug-likeness (QED) is 0.883. The van der Waals surface area contributed by atoms with E-state index < -0.39 is 6.10 Å². The summed E-state index contributed by atoms with van der Waals surface area (Å²) in [5, 5.41) is 10.2. The summed E-state index contributed by atoms with van der Waals surface area (Å²) in [5.41, 5.74) is 3.73. The van der Waals surface area contributed by atoms with Gasteiger partial charge in [-0.05, 0) is 52.5 Å². The summed E-state index contributed by atoms with van der Waals surface area (Å²) in [6.07, 6.45) is -0.422. The van der Waals surface area contributed by atoms with E-state index in [1.165, 1.54) is 11.1 Å². The maximum Gasteiger partial charge on any atom is 0.143 e. The van der Waals surface area contributed by atoms with Crippen LogP contribution in [-0.2, 0) is 6.42 Å². The summed E-state index contributed by atoms with van der Waals surface area (Å²) in [4.78, 5) is 0. The van der Waals surface area contributed by atoms with Crippen LogP contribution < -0.4 is 0 Å². The van der Waals surface area contributed by atoms with Gasteiger partial charge in [0.2, 0.25) is 0 Å². The van der Waals surface area contributed by atoms with Crippen LogP contribution in [0.1, 0.15) is 28.4 Å². The fraction of sp³-hybridized carbons (Fsp3) is 0.250. The Hall–Kier alpha value is -1.19. The van der Waals surface area contributed by atoms with Crippen LogP contribution in [0.5, 0.6) is 0 Å². The number of aliphatic hydroxyl groups is 1. The fourth-order valence-electron chi connectivity index (χ4n) is 2.04. The predicted octanol–water partition coefficient (Wildman–Crippen LogP) is 4.48. The number of halogens is 2. The van der Waals surface area contributed by atoms with Crippen LogP contribution in [0.3, 0.4) is 0 Å². The smallest absolute Gasteiger partial charge is 0.143 e. The first-order chi connectivity index (χ1) is 8.99. The second kappa shape index (κ2) is 5.85. The van der Waals surface area contributed by atoms with Gasteiger partial charge in [0.15, 0.2) is 0 Å². The van der Waals surface area contributed by atoms with Crippen molar-refractivity contribution in [1.29, 1.82) is 0 Å². The zero-order valence-corrected chi connectivity index (χ0v) is 12.5. The van der Waals surface area contributed by atoms with Crippen LogP contribution in [0.25, 0.3) is 0 Å². The number of hydrogen-bond acceptors (Lipinski definition) is 1. The molecule has 2 aromatic rings. The average molecular weight is 323 g/mol. The van der Waals surface area contributed by atoms with Gasteiger partial charge in [0.25, 0.3) is 0 Å². The summed E-state index contributed by atoms with van der Waals surface area (Å²) < 4.78 is 14.3. The molecule has 0 radical (unpaired) electrons. The van der Waals surface area contributed by atoms with Gasteiger partial charge in [-0.2, -0.15) is 0 Å². The molecule has 0 aliphatic carbocycles. The van der Waals surface area contributed by atoms with E-state index in [1.807, 2.05) is 32.0 Å². The minimum absolute atomic E-state index is 0.326. The number of hydrogen-bond donors (Lipinski definition) is 1. The lowest BCUT2D eigenvalue weighted by Gasteiger charge is -2.13. The zero-order valence-electron chi connectivity index (χ0n) is 11.0. The maximum absolute atomic E-state index is 13.9. The molecule has 2 rings (SSSR count). The van der Waals surface area contributed by atoms with Gasteiger partial charge in [-0.25, -0.2) is 4.39 Å². The highest BCUT2D eigenvalue weighted by atomic mass is 79.9. The molecule has 0 aliphatic rings. The molecular weight excluding hydrogens is 307 g/mol. The van der Waals surface area contributed by atoms with E-state index >= 15 is 0 Å². The summed E-state index contributed by atoms with van der Waals surface area (Å²) in [6.45, 7) is 4.08. The SMILES string of the molecule is Cc1ccc(CC(O)c2cccc(Br)c2F)cc1C. The lowest BCUT2D eigenvalue weighted by atomic mass is 9.98. The Labute approximate surface area is 121 Å². The van der Waals surface area contributed by atoms with Gasteiger partial charge in [-0.3, -0.25) is 0 Å². The van der Waals surface area contributed by atoms with Crippen LogP contribution in [0.4, 0.5) is 4.39 Å². The monoisotopic (exact) mass is 322 g/mol. The molecule has 0 aliphatic heterocycles. The van der Waals surface area contributed by atoms with E-state index in [0.29, 0.717) is 16.5 Å². The van der Waals surface area contributed by atoms with Crippen molar-refractivity contribution in [3.63, 3.8) is 0 Å². The number of aliphatic hydroxyl groups excluding tert-OH is 1. The minimum atomic E-state index is -0.834. The molecule has 0 spiro atoms. The first kappa shape index (κ1) is 14.2. The third-order valence-corrected chi connectivity index (χ3v) is 3.95. The van der Waals surface area contributed by atoms with Crippen LogP contribution >= 0.6 is 15.9 Å². The highest BCUT2D eigenvalue weighted by Gasteiger charge is 2.15. The summed E-state index contributed by atoms with van der Waals surface area (Å²) >= 11 is 3.13. The van der Waals surface area contributed by atoms with Gasteiger partial charge < -0.3 is 5.11 Å². The van der Waals surface area contributed by atoms with E-state index in [9.17, 15) is 9.50 Å². The molecule has 0 amide bonds. The molecule has 1 nitrogen and oxygen atoms in total. The molecular formula is C16H16BrFO. The normalized spacial score (nSPS) is 12.5. The molecule has 0 bridgehead atoms. The molecule has 100 valence electrons. The molecule has 1 unspecified atom stereocenters. The van der Waals surface area contributed by atoms with E-state index in [-0.39, 0.29) is 5.82 Å². The van der Waals surface area contributed by atoms with Gasteiger partial charge >= 0.3 is 0 Å². The van der Waals surface area contributed by atoms with Crippen LogP contribution in [-0.4, -0.2) is 5.11 Å². The average Bonchev–Trinajstić information content (AvgIpc) is 2.37. The van der Waals surface area contributed by atoms with Crippen LogP contribution in [0.15, 0.2) is 40.9 Å². The molecule has 2 aromatic carbocycles. The van der Waals surface area contributed by atoms with Gasteiger partial charge in [0.05, 0.1) is 10.6 Å². The van der Waals surface area contributed by atoms with Crippen LogP contribution in [0.2, 0.25) is 0 Å². The largest absolute Gasteiger partial charge is 0.388 e. The van der Waals surface area contributed by atoms with Crippen molar-refractivity contribution in [2.24, 2.45) is 0 Å². The Morgan fingerprint density at radius 2 is 1.89 bits per heavy atom. The minimum Gasteiger partial charge on any atom is -0.388 e. The second-order valence-corrected chi connectivity index (χ2v) is 5.64.